The molecule has 2 aliphatic carbocycles. The summed E-state index contributed by atoms with van der Waals surface area (Å²) in [6, 6.07) is 25.8. The van der Waals surface area contributed by atoms with Gasteiger partial charge in [-0.15, -0.1) is 0 Å². The molecule has 2 aliphatic heterocycles. The number of fused-ring (bicyclic) bond motifs is 6. The van der Waals surface area contributed by atoms with Crippen molar-refractivity contribution in [1.29, 1.82) is 0 Å². The second-order valence-corrected chi connectivity index (χ2v) is 9.10. The van der Waals surface area contributed by atoms with Gasteiger partial charge in [0.1, 0.15) is 0 Å². The molecule has 0 N–H and O–H groups in total. The van der Waals surface area contributed by atoms with Crippen LogP contribution in [-0.2, 0) is 9.59 Å². The number of amides is 2. The summed E-state index contributed by atoms with van der Waals surface area (Å²) in [7, 11) is 0. The Bertz CT molecular complexity index is 1320. The fourth-order valence-electron chi connectivity index (χ4n) is 6.08. The molecule has 0 aromatic heterocycles. The highest BCUT2D eigenvalue weighted by Gasteiger charge is 2.62. The van der Waals surface area contributed by atoms with Crippen molar-refractivity contribution >= 4 is 23.1 Å². The van der Waals surface area contributed by atoms with Crippen LogP contribution in [0.3, 0.4) is 0 Å². The molecule has 3 aromatic rings. The number of anilines is 1. The van der Waals surface area contributed by atoms with Crippen molar-refractivity contribution < 1.29 is 19.1 Å². The van der Waals surface area contributed by atoms with E-state index in [4.69, 9.17) is 9.47 Å². The Labute approximate surface area is 196 Å². The lowest BCUT2D eigenvalue weighted by atomic mass is 9.85. The summed E-state index contributed by atoms with van der Waals surface area (Å²) in [4.78, 5) is 28.8. The zero-order valence-corrected chi connectivity index (χ0v) is 18.3. The van der Waals surface area contributed by atoms with E-state index in [1.807, 2.05) is 36.4 Å². The minimum atomic E-state index is -0.384. The molecule has 4 aliphatic rings. The van der Waals surface area contributed by atoms with Crippen LogP contribution in [-0.4, -0.2) is 18.6 Å². The molecule has 1 saturated heterocycles. The second kappa shape index (κ2) is 7.19. The van der Waals surface area contributed by atoms with Gasteiger partial charge in [-0.05, 0) is 34.4 Å². The third-order valence-corrected chi connectivity index (χ3v) is 7.44. The third kappa shape index (κ3) is 2.61. The lowest BCUT2D eigenvalue weighted by Gasteiger charge is -2.21. The highest BCUT2D eigenvalue weighted by atomic mass is 16.7. The fraction of sp³-hybridized carbons (Fsp3) is 0.172. The number of benzene rings is 3. The number of hydrogen-bond donors (Lipinski definition) is 0. The van der Waals surface area contributed by atoms with Gasteiger partial charge in [-0.1, -0.05) is 72.8 Å². The number of hydrogen-bond acceptors (Lipinski definition) is 4. The van der Waals surface area contributed by atoms with Gasteiger partial charge < -0.3 is 9.47 Å². The van der Waals surface area contributed by atoms with Crippen molar-refractivity contribution in [3.05, 3.63) is 108 Å². The number of nitrogens with zero attached hydrogens (tertiary/aromatic N) is 1. The average molecular weight is 447 g/mol. The SMILES string of the molecule is O=C1[C@@H]2[C@@H](C(=O)N1c1ccc3c(c1)OCO3)[C@H]1C=C[C@H]2C1=C(c1ccccc1)c1ccccc1. The van der Waals surface area contributed by atoms with Crippen LogP contribution in [0.25, 0.3) is 5.57 Å². The number of carbonyl (C=O) groups is 2. The number of imide groups is 1. The summed E-state index contributed by atoms with van der Waals surface area (Å²) in [5.41, 5.74) is 5.07. The van der Waals surface area contributed by atoms with Gasteiger partial charge in [-0.2, -0.15) is 0 Å². The van der Waals surface area contributed by atoms with E-state index in [0.717, 1.165) is 16.7 Å². The van der Waals surface area contributed by atoms with E-state index in [1.54, 1.807) is 18.2 Å². The van der Waals surface area contributed by atoms with Crippen LogP contribution in [0.5, 0.6) is 11.5 Å². The molecule has 166 valence electrons. The van der Waals surface area contributed by atoms with Crippen LogP contribution in [0.4, 0.5) is 5.69 Å². The van der Waals surface area contributed by atoms with Crippen LogP contribution in [0, 0.1) is 23.7 Å². The van der Waals surface area contributed by atoms with Gasteiger partial charge in [0.2, 0.25) is 18.6 Å². The lowest BCUT2D eigenvalue weighted by molar-refractivity contribution is -0.122. The number of ether oxygens (including phenoxy) is 2. The molecule has 4 atom stereocenters. The Kier molecular flexibility index (Phi) is 4.09. The van der Waals surface area contributed by atoms with Crippen LogP contribution >= 0.6 is 0 Å². The van der Waals surface area contributed by atoms with Crippen LogP contribution in [0.1, 0.15) is 11.1 Å². The molecule has 1 saturated carbocycles. The fourth-order valence-corrected chi connectivity index (χ4v) is 6.08. The Hall–Kier alpha value is -4.12. The van der Waals surface area contributed by atoms with Gasteiger partial charge in [0.25, 0.3) is 0 Å². The Morgan fingerprint density at radius 1 is 0.706 bits per heavy atom. The Morgan fingerprint density at radius 3 is 1.85 bits per heavy atom. The van der Waals surface area contributed by atoms with Crippen molar-refractivity contribution in [2.75, 3.05) is 11.7 Å². The standard InChI is InChI=1S/C29H21NO4/c31-28-26-20-12-13-21(25(20)24(17-7-3-1-4-8-17)18-9-5-2-6-10-18)27(26)29(32)30(28)19-11-14-22-23(15-19)34-16-33-22/h1-15,20-21,26-27H,16H2/t20-,21-,26-,27-/m0/s1. The van der Waals surface area contributed by atoms with E-state index in [2.05, 4.69) is 36.4 Å². The van der Waals surface area contributed by atoms with Gasteiger partial charge in [0.15, 0.2) is 11.5 Å². The average Bonchev–Trinajstić information content (AvgIpc) is 3.63. The van der Waals surface area contributed by atoms with E-state index in [9.17, 15) is 9.59 Å². The van der Waals surface area contributed by atoms with E-state index < -0.39 is 0 Å². The number of carbonyl (C=O) groups excluding carboxylic acids is 2. The molecule has 2 fully saturated rings. The maximum Gasteiger partial charge on any atom is 0.238 e. The summed E-state index contributed by atoms with van der Waals surface area (Å²) in [5.74, 6) is -0.0394. The summed E-state index contributed by atoms with van der Waals surface area (Å²) in [5, 5.41) is 0. The minimum absolute atomic E-state index is 0.0964. The summed E-state index contributed by atoms with van der Waals surface area (Å²) in [6.45, 7) is 0.149. The minimum Gasteiger partial charge on any atom is -0.454 e. The first-order valence-electron chi connectivity index (χ1n) is 11.5. The van der Waals surface area contributed by atoms with Gasteiger partial charge >= 0.3 is 0 Å². The molecule has 5 heteroatoms. The monoisotopic (exact) mass is 447 g/mol. The van der Waals surface area contributed by atoms with Gasteiger partial charge in [0, 0.05) is 17.9 Å². The topological polar surface area (TPSA) is 55.8 Å². The molecule has 0 spiro atoms. The van der Waals surface area contributed by atoms with E-state index in [-0.39, 0.29) is 42.3 Å². The van der Waals surface area contributed by atoms with Crippen molar-refractivity contribution in [3.63, 3.8) is 0 Å². The molecule has 5 nitrogen and oxygen atoms in total. The maximum atomic E-state index is 13.7. The maximum absolute atomic E-state index is 13.7. The molecule has 0 radical (unpaired) electrons. The molecule has 3 aromatic carbocycles. The summed E-state index contributed by atoms with van der Waals surface area (Å²) >= 11 is 0. The highest BCUT2D eigenvalue weighted by molar-refractivity contribution is 6.23. The Morgan fingerprint density at radius 2 is 1.26 bits per heavy atom. The zero-order chi connectivity index (χ0) is 22.8. The predicted molar refractivity (Wildman–Crippen MR) is 127 cm³/mol. The molecular weight excluding hydrogens is 426 g/mol. The highest BCUT2D eigenvalue weighted by Crippen LogP contribution is 2.59. The van der Waals surface area contributed by atoms with Gasteiger partial charge in [-0.3, -0.25) is 9.59 Å². The smallest absolute Gasteiger partial charge is 0.238 e. The van der Waals surface area contributed by atoms with Crippen molar-refractivity contribution in [3.8, 4) is 11.5 Å². The number of rotatable bonds is 3. The molecule has 2 amide bonds. The van der Waals surface area contributed by atoms with Crippen LogP contribution < -0.4 is 14.4 Å². The Balaban J connectivity index is 1.34. The molecule has 2 heterocycles. The predicted octanol–water partition coefficient (Wildman–Crippen LogP) is 4.84. The third-order valence-electron chi connectivity index (χ3n) is 7.44. The van der Waals surface area contributed by atoms with Crippen molar-refractivity contribution in [1.82, 2.24) is 0 Å². The molecular formula is C29H21NO4. The normalized spacial score (nSPS) is 25.9. The van der Waals surface area contributed by atoms with Gasteiger partial charge in [0.05, 0.1) is 17.5 Å². The molecule has 2 bridgehead atoms. The van der Waals surface area contributed by atoms with E-state index >= 15 is 0 Å². The molecule has 7 rings (SSSR count). The number of allylic oxidation sites excluding steroid dienone is 3. The first-order valence-corrected chi connectivity index (χ1v) is 11.5. The van der Waals surface area contributed by atoms with E-state index in [0.29, 0.717) is 17.2 Å². The van der Waals surface area contributed by atoms with Crippen LogP contribution in [0.15, 0.2) is 96.6 Å². The first-order chi connectivity index (χ1) is 16.7. The zero-order valence-electron chi connectivity index (χ0n) is 18.3. The lowest BCUT2D eigenvalue weighted by Crippen LogP contribution is -2.33. The van der Waals surface area contributed by atoms with Crippen molar-refractivity contribution in [2.24, 2.45) is 23.7 Å². The second-order valence-electron chi connectivity index (χ2n) is 9.10. The van der Waals surface area contributed by atoms with Gasteiger partial charge in [-0.25, -0.2) is 4.90 Å². The van der Waals surface area contributed by atoms with Crippen LogP contribution in [0.2, 0.25) is 0 Å². The molecule has 0 unspecified atom stereocenters. The largest absolute Gasteiger partial charge is 0.454 e. The quantitative estimate of drug-likeness (QED) is 0.426. The van der Waals surface area contributed by atoms with Crippen molar-refractivity contribution in [2.45, 2.75) is 0 Å². The first kappa shape index (κ1) is 19.4. The summed E-state index contributed by atoms with van der Waals surface area (Å²) in [6.07, 6.45) is 4.25. The molecule has 34 heavy (non-hydrogen) atoms. The summed E-state index contributed by atoms with van der Waals surface area (Å²) < 4.78 is 10.9. The van der Waals surface area contributed by atoms with E-state index in [1.165, 1.54) is 10.5 Å².